The number of benzene rings is 1. The van der Waals surface area contributed by atoms with Gasteiger partial charge >= 0.3 is 0 Å². The molecule has 0 radical (unpaired) electrons. The number of carbonyl (C=O) groups is 2. The van der Waals surface area contributed by atoms with Crippen LogP contribution in [0.15, 0.2) is 48.7 Å². The number of rotatable bonds is 4. The first-order chi connectivity index (χ1) is 11.6. The second kappa shape index (κ2) is 6.83. The summed E-state index contributed by atoms with van der Waals surface area (Å²) in [5, 5.41) is 0. The number of pyridine rings is 1. The lowest BCUT2D eigenvalue weighted by atomic mass is 10.1. The zero-order valence-corrected chi connectivity index (χ0v) is 14.0. The van der Waals surface area contributed by atoms with Crippen molar-refractivity contribution in [1.29, 1.82) is 0 Å². The van der Waals surface area contributed by atoms with Gasteiger partial charge in [0.2, 0.25) is 11.8 Å². The molecule has 2 heterocycles. The van der Waals surface area contributed by atoms with Gasteiger partial charge in [0.1, 0.15) is 12.6 Å². The molecule has 1 aliphatic heterocycles. The van der Waals surface area contributed by atoms with Crippen LogP contribution in [0.1, 0.15) is 23.7 Å². The largest absolute Gasteiger partial charge is 0.327 e. The fourth-order valence-electron chi connectivity index (χ4n) is 2.95. The van der Waals surface area contributed by atoms with E-state index in [1.165, 1.54) is 0 Å². The van der Waals surface area contributed by atoms with E-state index in [9.17, 15) is 9.59 Å². The maximum Gasteiger partial charge on any atom is 0.245 e. The molecule has 0 spiro atoms. The summed E-state index contributed by atoms with van der Waals surface area (Å²) in [6, 6.07) is 13.1. The summed E-state index contributed by atoms with van der Waals surface area (Å²) in [4.78, 5) is 32.8. The maximum absolute atomic E-state index is 12.7. The quantitative estimate of drug-likeness (QED) is 0.866. The average Bonchev–Trinajstić information content (AvgIpc) is 2.59. The van der Waals surface area contributed by atoms with Gasteiger partial charge in [-0.3, -0.25) is 14.6 Å². The topological polar surface area (TPSA) is 53.5 Å². The van der Waals surface area contributed by atoms with Crippen molar-refractivity contribution in [2.24, 2.45) is 0 Å². The van der Waals surface area contributed by atoms with E-state index in [4.69, 9.17) is 0 Å². The smallest absolute Gasteiger partial charge is 0.245 e. The molecular formula is C19H21N3O2. The molecular weight excluding hydrogens is 302 g/mol. The molecule has 1 aliphatic rings. The van der Waals surface area contributed by atoms with Crippen LogP contribution in [0.3, 0.4) is 0 Å². The number of nitrogens with zero attached hydrogens (tertiary/aromatic N) is 3. The van der Waals surface area contributed by atoms with Gasteiger partial charge in [-0.05, 0) is 31.0 Å². The third kappa shape index (κ3) is 3.30. The molecule has 0 N–H and O–H groups in total. The Balaban J connectivity index is 1.74. The van der Waals surface area contributed by atoms with Crippen molar-refractivity contribution in [2.45, 2.75) is 33.0 Å². The van der Waals surface area contributed by atoms with Crippen molar-refractivity contribution in [2.75, 3.05) is 6.54 Å². The van der Waals surface area contributed by atoms with Crippen molar-refractivity contribution >= 4 is 11.8 Å². The van der Waals surface area contributed by atoms with Gasteiger partial charge in [0, 0.05) is 12.7 Å². The molecule has 0 saturated carbocycles. The van der Waals surface area contributed by atoms with Gasteiger partial charge in [0.25, 0.3) is 0 Å². The lowest BCUT2D eigenvalue weighted by Gasteiger charge is -2.38. The van der Waals surface area contributed by atoms with Gasteiger partial charge in [0.15, 0.2) is 0 Å². The number of aryl methyl sites for hydroxylation is 1. The molecule has 5 heteroatoms. The summed E-state index contributed by atoms with van der Waals surface area (Å²) in [6.45, 7) is 4.70. The second-order valence-electron chi connectivity index (χ2n) is 6.14. The zero-order valence-electron chi connectivity index (χ0n) is 14.0. The Morgan fingerprint density at radius 2 is 1.83 bits per heavy atom. The van der Waals surface area contributed by atoms with Crippen molar-refractivity contribution < 1.29 is 9.59 Å². The molecule has 1 fully saturated rings. The summed E-state index contributed by atoms with van der Waals surface area (Å²) in [6.07, 6.45) is 1.71. The van der Waals surface area contributed by atoms with Crippen LogP contribution in [-0.4, -0.2) is 39.2 Å². The minimum atomic E-state index is -0.476. The zero-order chi connectivity index (χ0) is 17.1. The predicted molar refractivity (Wildman–Crippen MR) is 90.8 cm³/mol. The number of aromatic nitrogens is 1. The first-order valence-electron chi connectivity index (χ1n) is 8.09. The number of hydrogen-bond acceptors (Lipinski definition) is 3. The van der Waals surface area contributed by atoms with Crippen molar-refractivity contribution in [1.82, 2.24) is 14.8 Å². The Hall–Kier alpha value is -2.69. The standard InChI is InChI=1S/C19H21N3O2/c1-14-7-6-10-20-17(14)12-22-15(2)19(24)21(13-18(22)23)11-16-8-4-3-5-9-16/h3-10,15H,11-13H2,1-2H3/t15-/m0/s1. The van der Waals surface area contributed by atoms with E-state index in [1.54, 1.807) is 22.9 Å². The number of piperazine rings is 1. The first-order valence-corrected chi connectivity index (χ1v) is 8.09. The van der Waals surface area contributed by atoms with Gasteiger partial charge in [0.05, 0.1) is 12.2 Å². The Bertz CT molecular complexity index is 745. The predicted octanol–water partition coefficient (Wildman–Crippen LogP) is 2.15. The van der Waals surface area contributed by atoms with Crippen LogP contribution in [-0.2, 0) is 22.7 Å². The van der Waals surface area contributed by atoms with Crippen molar-refractivity contribution in [3.05, 3.63) is 65.5 Å². The number of amides is 2. The molecule has 0 bridgehead atoms. The van der Waals surface area contributed by atoms with Crippen molar-refractivity contribution in [3.8, 4) is 0 Å². The number of carbonyl (C=O) groups excluding carboxylic acids is 2. The highest BCUT2D eigenvalue weighted by molar-refractivity contribution is 5.94. The van der Waals surface area contributed by atoms with Crippen LogP contribution in [0.4, 0.5) is 0 Å². The Morgan fingerprint density at radius 1 is 1.08 bits per heavy atom. The van der Waals surface area contributed by atoms with Crippen LogP contribution >= 0.6 is 0 Å². The molecule has 2 aromatic rings. The highest BCUT2D eigenvalue weighted by Crippen LogP contribution is 2.18. The minimum Gasteiger partial charge on any atom is -0.327 e. The maximum atomic E-state index is 12.7. The number of hydrogen-bond donors (Lipinski definition) is 0. The molecule has 1 aromatic carbocycles. The molecule has 5 nitrogen and oxygen atoms in total. The molecule has 0 aliphatic carbocycles. The van der Waals surface area contributed by atoms with Crippen molar-refractivity contribution in [3.63, 3.8) is 0 Å². The third-order valence-corrected chi connectivity index (χ3v) is 4.44. The van der Waals surface area contributed by atoms with Crippen LogP contribution < -0.4 is 0 Å². The lowest BCUT2D eigenvalue weighted by molar-refractivity contribution is -0.156. The molecule has 1 saturated heterocycles. The monoisotopic (exact) mass is 323 g/mol. The van der Waals surface area contributed by atoms with E-state index in [2.05, 4.69) is 4.98 Å². The highest BCUT2D eigenvalue weighted by atomic mass is 16.2. The Labute approximate surface area is 141 Å². The van der Waals surface area contributed by atoms with Gasteiger partial charge in [-0.25, -0.2) is 0 Å². The Kier molecular flexibility index (Phi) is 4.60. The molecule has 2 amide bonds. The van der Waals surface area contributed by atoms with E-state index in [0.717, 1.165) is 16.8 Å². The lowest BCUT2D eigenvalue weighted by Crippen LogP contribution is -2.58. The molecule has 3 rings (SSSR count). The molecule has 1 atom stereocenters. The molecule has 1 aromatic heterocycles. The van der Waals surface area contributed by atoms with Crippen LogP contribution in [0, 0.1) is 6.92 Å². The van der Waals surface area contributed by atoms with E-state index >= 15 is 0 Å². The first kappa shape index (κ1) is 16.2. The fraction of sp³-hybridized carbons (Fsp3) is 0.316. The van der Waals surface area contributed by atoms with Crippen LogP contribution in [0.5, 0.6) is 0 Å². The van der Waals surface area contributed by atoms with Gasteiger partial charge in [-0.15, -0.1) is 0 Å². The van der Waals surface area contributed by atoms with Gasteiger partial charge in [-0.1, -0.05) is 36.4 Å². The Morgan fingerprint density at radius 3 is 2.54 bits per heavy atom. The van der Waals surface area contributed by atoms with E-state index in [1.807, 2.05) is 49.4 Å². The average molecular weight is 323 g/mol. The molecule has 0 unspecified atom stereocenters. The summed E-state index contributed by atoms with van der Waals surface area (Å²) < 4.78 is 0. The normalized spacial score (nSPS) is 18.2. The fourth-order valence-corrected chi connectivity index (χ4v) is 2.95. The van der Waals surface area contributed by atoms with Gasteiger partial charge < -0.3 is 9.80 Å². The summed E-state index contributed by atoms with van der Waals surface area (Å²) in [7, 11) is 0. The summed E-state index contributed by atoms with van der Waals surface area (Å²) >= 11 is 0. The highest BCUT2D eigenvalue weighted by Gasteiger charge is 2.36. The van der Waals surface area contributed by atoms with E-state index in [-0.39, 0.29) is 18.4 Å². The summed E-state index contributed by atoms with van der Waals surface area (Å²) in [5.74, 6) is -0.0601. The van der Waals surface area contributed by atoms with Crippen LogP contribution in [0.25, 0.3) is 0 Å². The van der Waals surface area contributed by atoms with E-state index in [0.29, 0.717) is 13.1 Å². The molecule has 24 heavy (non-hydrogen) atoms. The summed E-state index contributed by atoms with van der Waals surface area (Å²) in [5.41, 5.74) is 2.89. The van der Waals surface area contributed by atoms with Gasteiger partial charge in [-0.2, -0.15) is 0 Å². The third-order valence-electron chi connectivity index (χ3n) is 4.44. The van der Waals surface area contributed by atoms with Crippen LogP contribution in [0.2, 0.25) is 0 Å². The second-order valence-corrected chi connectivity index (χ2v) is 6.14. The SMILES string of the molecule is Cc1cccnc1CN1C(=O)CN(Cc2ccccc2)C(=O)[C@@H]1C. The molecule has 124 valence electrons. The minimum absolute atomic E-state index is 0.0213. The van der Waals surface area contributed by atoms with E-state index < -0.39 is 6.04 Å².